The van der Waals surface area contributed by atoms with Crippen molar-refractivity contribution in [3.63, 3.8) is 0 Å². The molecule has 0 aliphatic rings. The Morgan fingerprint density at radius 3 is 2.48 bits per heavy atom. The molecular weight excluding hydrogens is 296 g/mol. The Hall–Kier alpha value is -2.19. The predicted molar refractivity (Wildman–Crippen MR) is 65.3 cm³/mol. The Morgan fingerprint density at radius 2 is 1.95 bits per heavy atom. The lowest BCUT2D eigenvalue weighted by Gasteiger charge is -2.07. The van der Waals surface area contributed by atoms with Gasteiger partial charge in [0.1, 0.15) is 0 Å². The maximum absolute atomic E-state index is 13.3. The Bertz CT molecular complexity index is 532. The summed E-state index contributed by atoms with van der Waals surface area (Å²) in [6, 6.07) is 2.64. The number of unbranched alkanes of at least 4 members (excludes halogenated alkanes) is 1. The van der Waals surface area contributed by atoms with E-state index in [2.05, 4.69) is 5.32 Å². The van der Waals surface area contributed by atoms with Crippen LogP contribution in [0.15, 0.2) is 18.2 Å². The van der Waals surface area contributed by atoms with Gasteiger partial charge in [0.15, 0.2) is 0 Å². The smallest absolute Gasteiger partial charge is 0.352 e. The molecule has 116 valence electrons. The summed E-state index contributed by atoms with van der Waals surface area (Å²) < 4.78 is 48.9. The lowest BCUT2D eigenvalue weighted by Crippen LogP contribution is -2.24. The number of benzene rings is 1. The molecule has 0 aliphatic heterocycles. The minimum atomic E-state index is -4.23. The summed E-state index contributed by atoms with van der Waals surface area (Å²) in [6.45, 7) is 0.00746. The fourth-order valence-corrected chi connectivity index (χ4v) is 1.55. The monoisotopic (exact) mass is 308 g/mol. The minimum absolute atomic E-state index is 0.00746. The summed E-state index contributed by atoms with van der Waals surface area (Å²) in [7, 11) is 0. The molecule has 21 heavy (non-hydrogen) atoms. The molecule has 0 heterocycles. The highest BCUT2D eigenvalue weighted by molar-refractivity contribution is 5.94. The molecule has 0 unspecified atom stereocenters. The summed E-state index contributed by atoms with van der Waals surface area (Å²) in [5, 5.41) is 12.7. The van der Waals surface area contributed by atoms with Crippen LogP contribution in [0, 0.1) is 15.9 Å². The zero-order valence-corrected chi connectivity index (χ0v) is 10.7. The van der Waals surface area contributed by atoms with Crippen LogP contribution in [0.3, 0.4) is 0 Å². The van der Waals surface area contributed by atoms with Crippen LogP contribution >= 0.6 is 0 Å². The number of nitrogens with zero attached hydrogens (tertiary/aromatic N) is 1. The van der Waals surface area contributed by atoms with Crippen molar-refractivity contribution in [2.24, 2.45) is 0 Å². The van der Waals surface area contributed by atoms with Crippen molar-refractivity contribution in [2.75, 3.05) is 6.54 Å². The van der Waals surface area contributed by atoms with E-state index < -0.39 is 34.9 Å². The number of alkyl halides is 3. The lowest BCUT2D eigenvalue weighted by atomic mass is 10.1. The van der Waals surface area contributed by atoms with E-state index in [4.69, 9.17) is 0 Å². The number of nitro groups is 1. The van der Waals surface area contributed by atoms with Crippen LogP contribution in [-0.4, -0.2) is 23.6 Å². The third kappa shape index (κ3) is 5.76. The van der Waals surface area contributed by atoms with Gasteiger partial charge in [-0.3, -0.25) is 14.9 Å². The quantitative estimate of drug-likeness (QED) is 0.379. The molecule has 0 aromatic heterocycles. The molecule has 1 amide bonds. The second-order valence-corrected chi connectivity index (χ2v) is 4.25. The predicted octanol–water partition coefficient (Wildman–Crippen LogP) is 3.20. The normalized spacial score (nSPS) is 11.2. The van der Waals surface area contributed by atoms with Gasteiger partial charge in [0.25, 0.3) is 5.91 Å². The summed E-state index contributed by atoms with van der Waals surface area (Å²) in [5.41, 5.74) is -0.884. The van der Waals surface area contributed by atoms with Crippen molar-refractivity contribution in [1.29, 1.82) is 0 Å². The molecule has 1 aromatic rings. The van der Waals surface area contributed by atoms with Crippen LogP contribution in [0.1, 0.15) is 29.6 Å². The third-order valence-corrected chi connectivity index (χ3v) is 2.58. The maximum atomic E-state index is 13.3. The number of carbonyl (C=O) groups excluding carboxylic acids is 1. The molecule has 9 heteroatoms. The lowest BCUT2D eigenvalue weighted by molar-refractivity contribution is -0.387. The molecular formula is C12H12F4N2O3. The maximum Gasteiger partial charge on any atom is 0.389 e. The van der Waals surface area contributed by atoms with E-state index >= 15 is 0 Å². The number of hydrogen-bond acceptors (Lipinski definition) is 3. The van der Waals surface area contributed by atoms with Crippen LogP contribution in [0.4, 0.5) is 23.2 Å². The van der Waals surface area contributed by atoms with Crippen molar-refractivity contribution in [3.05, 3.63) is 39.7 Å². The first-order chi connectivity index (χ1) is 9.70. The van der Waals surface area contributed by atoms with Crippen LogP contribution in [-0.2, 0) is 0 Å². The molecule has 5 nitrogen and oxygen atoms in total. The molecule has 0 fully saturated rings. The summed E-state index contributed by atoms with van der Waals surface area (Å²) in [5.74, 6) is -1.85. The Kier molecular flexibility index (Phi) is 5.62. The van der Waals surface area contributed by atoms with Crippen molar-refractivity contribution in [2.45, 2.75) is 25.4 Å². The molecule has 0 saturated carbocycles. The molecule has 0 saturated heterocycles. The second-order valence-electron chi connectivity index (χ2n) is 4.25. The fourth-order valence-electron chi connectivity index (χ4n) is 1.55. The van der Waals surface area contributed by atoms with Crippen LogP contribution in [0.5, 0.6) is 0 Å². The standard InChI is InChI=1S/C12H12F4N2O3/c13-9-7-8(3-4-10(9)18(20)21)11(19)17-6-2-1-5-12(14,15)16/h3-4,7H,1-2,5-6H2,(H,17,19). The number of nitrogens with one attached hydrogen (secondary N) is 1. The van der Waals surface area contributed by atoms with Gasteiger partial charge in [-0.2, -0.15) is 17.6 Å². The highest BCUT2D eigenvalue weighted by Gasteiger charge is 2.25. The van der Waals surface area contributed by atoms with Gasteiger partial charge >= 0.3 is 11.9 Å². The topological polar surface area (TPSA) is 72.2 Å². The van der Waals surface area contributed by atoms with Gasteiger partial charge in [-0.15, -0.1) is 0 Å². The Balaban J connectivity index is 2.46. The second kappa shape index (κ2) is 7.00. The van der Waals surface area contributed by atoms with E-state index in [1.54, 1.807) is 0 Å². The number of rotatable bonds is 6. The number of carbonyl (C=O) groups is 1. The van der Waals surface area contributed by atoms with E-state index in [1.165, 1.54) is 0 Å². The van der Waals surface area contributed by atoms with E-state index in [1.807, 2.05) is 0 Å². The molecule has 0 spiro atoms. The van der Waals surface area contributed by atoms with Crippen LogP contribution < -0.4 is 5.32 Å². The van der Waals surface area contributed by atoms with Crippen molar-refractivity contribution in [1.82, 2.24) is 5.32 Å². The molecule has 0 radical (unpaired) electrons. The Labute approximate surface area is 117 Å². The van der Waals surface area contributed by atoms with E-state index in [-0.39, 0.29) is 24.9 Å². The van der Waals surface area contributed by atoms with E-state index in [9.17, 15) is 32.5 Å². The molecule has 1 aromatic carbocycles. The van der Waals surface area contributed by atoms with Gasteiger partial charge in [0.05, 0.1) is 4.92 Å². The average molecular weight is 308 g/mol. The number of amides is 1. The summed E-state index contributed by atoms with van der Waals surface area (Å²) in [4.78, 5) is 21.0. The van der Waals surface area contributed by atoms with Gasteiger partial charge in [-0.25, -0.2) is 0 Å². The molecule has 0 atom stereocenters. The number of nitro benzene ring substituents is 1. The zero-order valence-electron chi connectivity index (χ0n) is 10.7. The molecule has 0 bridgehead atoms. The Morgan fingerprint density at radius 1 is 1.29 bits per heavy atom. The number of hydrogen-bond donors (Lipinski definition) is 1. The van der Waals surface area contributed by atoms with Crippen LogP contribution in [0.25, 0.3) is 0 Å². The zero-order chi connectivity index (χ0) is 16.0. The SMILES string of the molecule is O=C(NCCCCC(F)(F)F)c1ccc([N+](=O)[O-])c(F)c1. The van der Waals surface area contributed by atoms with Gasteiger partial charge in [-0.1, -0.05) is 0 Å². The first kappa shape index (κ1) is 16.9. The van der Waals surface area contributed by atoms with Gasteiger partial charge in [0, 0.05) is 24.6 Å². The van der Waals surface area contributed by atoms with Crippen molar-refractivity contribution in [3.8, 4) is 0 Å². The summed E-state index contributed by atoms with van der Waals surface area (Å²) in [6.07, 6.45) is -5.17. The first-order valence-corrected chi connectivity index (χ1v) is 5.99. The van der Waals surface area contributed by atoms with E-state index in [0.29, 0.717) is 6.07 Å². The van der Waals surface area contributed by atoms with Gasteiger partial charge in [-0.05, 0) is 25.0 Å². The first-order valence-electron chi connectivity index (χ1n) is 5.99. The highest BCUT2D eigenvalue weighted by atomic mass is 19.4. The van der Waals surface area contributed by atoms with Gasteiger partial charge in [0.2, 0.25) is 5.82 Å². The summed E-state index contributed by atoms with van der Waals surface area (Å²) >= 11 is 0. The fraction of sp³-hybridized carbons (Fsp3) is 0.417. The largest absolute Gasteiger partial charge is 0.389 e. The van der Waals surface area contributed by atoms with Crippen LogP contribution in [0.2, 0.25) is 0 Å². The average Bonchev–Trinajstić information content (AvgIpc) is 2.36. The van der Waals surface area contributed by atoms with E-state index in [0.717, 1.165) is 12.1 Å². The van der Waals surface area contributed by atoms with Crippen molar-refractivity contribution >= 4 is 11.6 Å². The molecule has 1 rings (SSSR count). The van der Waals surface area contributed by atoms with Gasteiger partial charge < -0.3 is 5.32 Å². The molecule has 0 aliphatic carbocycles. The highest BCUT2D eigenvalue weighted by Crippen LogP contribution is 2.22. The minimum Gasteiger partial charge on any atom is -0.352 e. The molecule has 1 N–H and O–H groups in total. The third-order valence-electron chi connectivity index (χ3n) is 2.58. The van der Waals surface area contributed by atoms with Crippen molar-refractivity contribution < 1.29 is 27.3 Å². The number of halogens is 4.